The first kappa shape index (κ1) is 18.9. The van der Waals surface area contributed by atoms with Crippen LogP contribution in [0.5, 0.6) is 0 Å². The van der Waals surface area contributed by atoms with E-state index in [1.165, 1.54) is 77.0 Å². The smallest absolute Gasteiger partial charge is 0.151 e. The Bertz CT molecular complexity index is 157. The Morgan fingerprint density at radius 2 is 1.05 bits per heavy atom. The number of ether oxygens (including phenoxy) is 1. The highest BCUT2D eigenvalue weighted by Gasteiger charge is 1.95. The highest BCUT2D eigenvalue weighted by atomic mass is 16.6. The summed E-state index contributed by atoms with van der Waals surface area (Å²) < 4.78 is 5.10. The van der Waals surface area contributed by atoms with E-state index in [1.54, 1.807) is 6.92 Å². The van der Waals surface area contributed by atoms with E-state index in [9.17, 15) is 0 Å². The number of aliphatic hydroxyl groups excluding tert-OH is 1. The molecule has 116 valence electrons. The van der Waals surface area contributed by atoms with Gasteiger partial charge in [0.2, 0.25) is 0 Å². The molecule has 0 bridgehead atoms. The molecule has 0 fully saturated rings. The monoisotopic (exact) mass is 272 g/mol. The summed E-state index contributed by atoms with van der Waals surface area (Å²) in [4.78, 5) is 0. The van der Waals surface area contributed by atoms with Crippen molar-refractivity contribution in [3.05, 3.63) is 0 Å². The van der Waals surface area contributed by atoms with Gasteiger partial charge in [-0.25, -0.2) is 0 Å². The Kier molecular flexibility index (Phi) is 15.9. The molecule has 0 aromatic carbocycles. The maximum absolute atomic E-state index is 8.92. The van der Waals surface area contributed by atoms with E-state index in [2.05, 4.69) is 6.92 Å². The molecule has 1 atom stereocenters. The molecule has 0 heterocycles. The second-order valence-electron chi connectivity index (χ2n) is 5.71. The number of rotatable bonds is 15. The molecule has 0 radical (unpaired) electrons. The van der Waals surface area contributed by atoms with Crippen molar-refractivity contribution in [3.8, 4) is 0 Å². The Labute approximate surface area is 120 Å². The first-order valence-corrected chi connectivity index (χ1v) is 8.57. The van der Waals surface area contributed by atoms with Crippen LogP contribution in [0.25, 0.3) is 0 Å². The van der Waals surface area contributed by atoms with Crippen LogP contribution >= 0.6 is 0 Å². The standard InChI is InChI=1S/C17H36O2/c1-3-4-5-6-7-8-9-10-11-12-13-14-15-16-19-17(2)18/h17-18H,3-16H2,1-2H3. The molecular weight excluding hydrogens is 236 g/mol. The molecule has 0 rings (SSSR count). The van der Waals surface area contributed by atoms with Crippen molar-refractivity contribution in [1.82, 2.24) is 0 Å². The van der Waals surface area contributed by atoms with E-state index in [4.69, 9.17) is 9.84 Å². The maximum atomic E-state index is 8.92. The molecular formula is C17H36O2. The third-order valence-corrected chi connectivity index (χ3v) is 3.61. The predicted octanol–water partition coefficient (Wildman–Crippen LogP) is 5.43. The average molecular weight is 272 g/mol. The molecule has 0 saturated carbocycles. The molecule has 0 amide bonds. The van der Waals surface area contributed by atoms with Gasteiger partial charge in [0.05, 0.1) is 0 Å². The molecule has 2 nitrogen and oxygen atoms in total. The Morgan fingerprint density at radius 3 is 1.42 bits per heavy atom. The fraction of sp³-hybridized carbons (Fsp3) is 1.00. The lowest BCUT2D eigenvalue weighted by Crippen LogP contribution is -2.06. The van der Waals surface area contributed by atoms with Gasteiger partial charge in [0, 0.05) is 6.61 Å². The molecule has 0 aliphatic heterocycles. The van der Waals surface area contributed by atoms with Crippen molar-refractivity contribution in [2.24, 2.45) is 0 Å². The van der Waals surface area contributed by atoms with Crippen LogP contribution in [0.4, 0.5) is 0 Å². The average Bonchev–Trinajstić information content (AvgIpc) is 2.39. The van der Waals surface area contributed by atoms with Gasteiger partial charge in [0.15, 0.2) is 6.29 Å². The first-order valence-electron chi connectivity index (χ1n) is 8.57. The van der Waals surface area contributed by atoms with Crippen LogP contribution in [0.2, 0.25) is 0 Å². The van der Waals surface area contributed by atoms with E-state index in [0.29, 0.717) is 6.61 Å². The van der Waals surface area contributed by atoms with Crippen LogP contribution in [-0.2, 0) is 4.74 Å². The molecule has 0 aromatic heterocycles. The lowest BCUT2D eigenvalue weighted by Gasteiger charge is -2.06. The van der Waals surface area contributed by atoms with Gasteiger partial charge in [-0.1, -0.05) is 84.0 Å². The van der Waals surface area contributed by atoms with Crippen molar-refractivity contribution in [2.45, 2.75) is 104 Å². The van der Waals surface area contributed by atoms with Gasteiger partial charge >= 0.3 is 0 Å². The third kappa shape index (κ3) is 17.9. The summed E-state index contributed by atoms with van der Waals surface area (Å²) in [5, 5.41) is 8.92. The van der Waals surface area contributed by atoms with E-state index < -0.39 is 6.29 Å². The van der Waals surface area contributed by atoms with Crippen LogP contribution in [0.3, 0.4) is 0 Å². The molecule has 0 aliphatic rings. The van der Waals surface area contributed by atoms with Gasteiger partial charge in [-0.15, -0.1) is 0 Å². The van der Waals surface area contributed by atoms with Crippen LogP contribution in [-0.4, -0.2) is 18.0 Å². The van der Waals surface area contributed by atoms with Gasteiger partial charge in [-0.2, -0.15) is 0 Å². The normalized spacial score (nSPS) is 12.8. The second kappa shape index (κ2) is 16.0. The van der Waals surface area contributed by atoms with Crippen molar-refractivity contribution < 1.29 is 9.84 Å². The first-order chi connectivity index (χ1) is 9.27. The van der Waals surface area contributed by atoms with Gasteiger partial charge in [-0.05, 0) is 13.3 Å². The third-order valence-electron chi connectivity index (χ3n) is 3.61. The minimum atomic E-state index is -0.600. The van der Waals surface area contributed by atoms with Crippen LogP contribution in [0.15, 0.2) is 0 Å². The lowest BCUT2D eigenvalue weighted by atomic mass is 10.0. The largest absolute Gasteiger partial charge is 0.368 e. The zero-order chi connectivity index (χ0) is 14.2. The molecule has 19 heavy (non-hydrogen) atoms. The van der Waals surface area contributed by atoms with Crippen LogP contribution in [0, 0.1) is 0 Å². The molecule has 2 heteroatoms. The Morgan fingerprint density at radius 1 is 0.684 bits per heavy atom. The zero-order valence-electron chi connectivity index (χ0n) is 13.3. The summed E-state index contributed by atoms with van der Waals surface area (Å²) in [5.41, 5.74) is 0. The van der Waals surface area contributed by atoms with Gasteiger partial charge < -0.3 is 9.84 Å². The summed E-state index contributed by atoms with van der Waals surface area (Å²) in [6.45, 7) is 4.65. The molecule has 0 aromatic rings. The molecule has 1 N–H and O–H groups in total. The Hall–Kier alpha value is -0.0800. The SMILES string of the molecule is CCCCCCCCCCCCCCCOC(C)O. The summed E-state index contributed by atoms with van der Waals surface area (Å²) in [6.07, 6.45) is 17.2. The topological polar surface area (TPSA) is 29.5 Å². The van der Waals surface area contributed by atoms with Crippen LogP contribution in [0.1, 0.15) is 97.3 Å². The van der Waals surface area contributed by atoms with Crippen molar-refractivity contribution >= 4 is 0 Å². The summed E-state index contributed by atoms with van der Waals surface area (Å²) in [5.74, 6) is 0. The summed E-state index contributed by atoms with van der Waals surface area (Å²) in [7, 11) is 0. The van der Waals surface area contributed by atoms with Gasteiger partial charge in [-0.3, -0.25) is 0 Å². The molecule has 0 spiro atoms. The van der Waals surface area contributed by atoms with E-state index in [0.717, 1.165) is 6.42 Å². The number of hydrogen-bond donors (Lipinski definition) is 1. The van der Waals surface area contributed by atoms with Crippen molar-refractivity contribution in [3.63, 3.8) is 0 Å². The fourth-order valence-corrected chi connectivity index (χ4v) is 2.37. The quantitative estimate of drug-likeness (QED) is 0.318. The van der Waals surface area contributed by atoms with Gasteiger partial charge in [0.25, 0.3) is 0 Å². The Balaban J connectivity index is 2.91. The second-order valence-corrected chi connectivity index (χ2v) is 5.71. The van der Waals surface area contributed by atoms with E-state index in [-0.39, 0.29) is 0 Å². The molecule has 0 saturated heterocycles. The predicted molar refractivity (Wildman–Crippen MR) is 83.3 cm³/mol. The highest BCUT2D eigenvalue weighted by molar-refractivity contribution is 4.48. The summed E-state index contributed by atoms with van der Waals surface area (Å²) in [6, 6.07) is 0. The molecule has 1 unspecified atom stereocenters. The number of hydrogen-bond acceptors (Lipinski definition) is 2. The number of aliphatic hydroxyl groups is 1. The molecule has 0 aliphatic carbocycles. The van der Waals surface area contributed by atoms with Crippen molar-refractivity contribution in [2.75, 3.05) is 6.61 Å². The minimum Gasteiger partial charge on any atom is -0.368 e. The zero-order valence-corrected chi connectivity index (χ0v) is 13.3. The fourth-order valence-electron chi connectivity index (χ4n) is 2.37. The van der Waals surface area contributed by atoms with E-state index >= 15 is 0 Å². The van der Waals surface area contributed by atoms with Crippen molar-refractivity contribution in [1.29, 1.82) is 0 Å². The lowest BCUT2D eigenvalue weighted by molar-refractivity contribution is -0.0859. The van der Waals surface area contributed by atoms with E-state index in [1.807, 2.05) is 0 Å². The number of unbranched alkanes of at least 4 members (excludes halogenated alkanes) is 12. The minimum absolute atomic E-state index is 0.600. The highest BCUT2D eigenvalue weighted by Crippen LogP contribution is 2.12. The maximum Gasteiger partial charge on any atom is 0.151 e. The van der Waals surface area contributed by atoms with Crippen LogP contribution < -0.4 is 0 Å². The summed E-state index contributed by atoms with van der Waals surface area (Å²) >= 11 is 0. The van der Waals surface area contributed by atoms with Gasteiger partial charge in [0.1, 0.15) is 0 Å².